The molecule has 0 aliphatic heterocycles. The van der Waals surface area contributed by atoms with Crippen LogP contribution in [0, 0.1) is 0 Å². The van der Waals surface area contributed by atoms with E-state index in [-0.39, 0.29) is 17.3 Å². The summed E-state index contributed by atoms with van der Waals surface area (Å²) < 4.78 is 22.1. The number of carboxylic acid groups (broad SMARTS) is 1. The minimum absolute atomic E-state index is 0.132. The molecule has 0 spiro atoms. The first-order chi connectivity index (χ1) is 11.0. The van der Waals surface area contributed by atoms with E-state index < -0.39 is 22.7 Å². The Hall–Kier alpha value is -2.41. The van der Waals surface area contributed by atoms with Crippen molar-refractivity contribution in [1.29, 1.82) is 0 Å². The average Bonchev–Trinajstić information content (AvgIpc) is 2.96. The third-order valence-corrected chi connectivity index (χ3v) is 4.23. The van der Waals surface area contributed by atoms with Crippen molar-refractivity contribution in [3.63, 3.8) is 0 Å². The van der Waals surface area contributed by atoms with E-state index in [4.69, 9.17) is 14.3 Å². The smallest absolute Gasteiger partial charge is 0.371 e. The minimum atomic E-state index is -1.25. The highest BCUT2D eigenvalue weighted by Gasteiger charge is 2.12. The number of hydrogen-bond donors (Lipinski definition) is 1. The molecule has 2 rings (SSSR count). The molecule has 0 bridgehead atoms. The number of carbonyl (C=O) groups excluding carboxylic acids is 1. The highest BCUT2D eigenvalue weighted by molar-refractivity contribution is 7.83. The third kappa shape index (κ3) is 4.79. The van der Waals surface area contributed by atoms with Crippen LogP contribution in [-0.2, 0) is 27.0 Å². The van der Waals surface area contributed by atoms with Crippen LogP contribution in [0.5, 0.6) is 0 Å². The molecule has 0 amide bonds. The third-order valence-electron chi connectivity index (χ3n) is 2.97. The minimum Gasteiger partial charge on any atom is -0.475 e. The molecule has 23 heavy (non-hydrogen) atoms. The van der Waals surface area contributed by atoms with Gasteiger partial charge in [0.15, 0.2) is 0 Å². The molecule has 1 aromatic carbocycles. The molecule has 2 aromatic rings. The van der Waals surface area contributed by atoms with E-state index in [2.05, 4.69) is 0 Å². The van der Waals surface area contributed by atoms with Gasteiger partial charge in [0, 0.05) is 16.6 Å². The van der Waals surface area contributed by atoms with Gasteiger partial charge in [-0.3, -0.25) is 4.21 Å². The largest absolute Gasteiger partial charge is 0.475 e. The van der Waals surface area contributed by atoms with Crippen molar-refractivity contribution in [3.05, 3.63) is 59.0 Å². The second-order valence-electron chi connectivity index (χ2n) is 4.72. The zero-order chi connectivity index (χ0) is 16.8. The van der Waals surface area contributed by atoms with E-state index in [1.165, 1.54) is 12.1 Å². The van der Waals surface area contributed by atoms with Gasteiger partial charge in [-0.25, -0.2) is 9.59 Å². The number of rotatable bonds is 7. The monoisotopic (exact) mass is 336 g/mol. The van der Waals surface area contributed by atoms with Gasteiger partial charge in [-0.05, 0) is 36.8 Å². The van der Waals surface area contributed by atoms with Gasteiger partial charge >= 0.3 is 11.9 Å². The maximum atomic E-state index is 12.1. The summed E-state index contributed by atoms with van der Waals surface area (Å²) in [5, 5.41) is 8.77. The van der Waals surface area contributed by atoms with Gasteiger partial charge in [-0.2, -0.15) is 0 Å². The predicted octanol–water partition coefficient (Wildman–Crippen LogP) is 2.60. The molecule has 0 radical (unpaired) electrons. The Morgan fingerprint density at radius 2 is 1.83 bits per heavy atom. The van der Waals surface area contributed by atoms with Crippen molar-refractivity contribution in [2.24, 2.45) is 0 Å². The lowest BCUT2D eigenvalue weighted by Gasteiger charge is -2.04. The maximum Gasteiger partial charge on any atom is 0.371 e. The number of aromatic carboxylic acids is 1. The summed E-state index contributed by atoms with van der Waals surface area (Å²) >= 11 is 0. The van der Waals surface area contributed by atoms with Gasteiger partial charge in [0.2, 0.25) is 5.76 Å². The molecule has 0 aliphatic carbocycles. The van der Waals surface area contributed by atoms with Crippen LogP contribution in [0.3, 0.4) is 0 Å². The van der Waals surface area contributed by atoms with Crippen molar-refractivity contribution < 1.29 is 28.1 Å². The van der Waals surface area contributed by atoms with E-state index in [0.717, 1.165) is 5.56 Å². The van der Waals surface area contributed by atoms with Gasteiger partial charge in [0.1, 0.15) is 5.76 Å². The lowest BCUT2D eigenvalue weighted by atomic mass is 10.1. The number of esters is 1. The molecule has 0 saturated heterocycles. The fourth-order valence-corrected chi connectivity index (χ4v) is 3.06. The topological polar surface area (TPSA) is 93.8 Å². The highest BCUT2D eigenvalue weighted by atomic mass is 32.2. The molecule has 1 unspecified atom stereocenters. The summed E-state index contributed by atoms with van der Waals surface area (Å²) in [7, 11) is -1.25. The van der Waals surface area contributed by atoms with Crippen molar-refractivity contribution >= 4 is 22.7 Å². The van der Waals surface area contributed by atoms with Crippen molar-refractivity contribution in [2.45, 2.75) is 18.4 Å². The first kappa shape index (κ1) is 17.0. The van der Waals surface area contributed by atoms with E-state index in [0.29, 0.717) is 17.9 Å². The van der Waals surface area contributed by atoms with Crippen molar-refractivity contribution in [1.82, 2.24) is 0 Å². The summed E-state index contributed by atoms with van der Waals surface area (Å²) in [6.07, 6.45) is 0. The molecule has 7 heteroatoms. The normalized spacial score (nSPS) is 11.9. The summed E-state index contributed by atoms with van der Waals surface area (Å²) in [6.45, 7) is 2.05. The molecule has 1 atom stereocenters. The van der Waals surface area contributed by atoms with Crippen LogP contribution in [0.2, 0.25) is 0 Å². The molecule has 1 aromatic heterocycles. The first-order valence-electron chi connectivity index (χ1n) is 6.92. The quantitative estimate of drug-likeness (QED) is 0.781. The van der Waals surface area contributed by atoms with Gasteiger partial charge in [0.25, 0.3) is 0 Å². The standard InChI is InChI=1S/C16H16O6S/c1-2-21-16(19)12-5-3-11(4-6-12)9-23(20)10-13-7-8-14(22-13)15(17)18/h3-8H,2,9-10H2,1H3,(H,17,18). The maximum absolute atomic E-state index is 12.1. The number of carbonyl (C=O) groups is 2. The Kier molecular flexibility index (Phi) is 5.70. The van der Waals surface area contributed by atoms with Gasteiger partial charge < -0.3 is 14.3 Å². The Morgan fingerprint density at radius 3 is 2.39 bits per heavy atom. The van der Waals surface area contributed by atoms with E-state index in [9.17, 15) is 13.8 Å². The van der Waals surface area contributed by atoms with Crippen LogP contribution in [0.4, 0.5) is 0 Å². The van der Waals surface area contributed by atoms with Crippen LogP contribution in [0.25, 0.3) is 0 Å². The number of carboxylic acids is 1. The lowest BCUT2D eigenvalue weighted by Crippen LogP contribution is -2.05. The van der Waals surface area contributed by atoms with E-state index in [1.54, 1.807) is 31.2 Å². The SMILES string of the molecule is CCOC(=O)c1ccc(CS(=O)Cc2ccc(C(=O)O)o2)cc1. The van der Waals surface area contributed by atoms with E-state index in [1.807, 2.05) is 0 Å². The van der Waals surface area contributed by atoms with Crippen LogP contribution >= 0.6 is 0 Å². The highest BCUT2D eigenvalue weighted by Crippen LogP contribution is 2.14. The second-order valence-corrected chi connectivity index (χ2v) is 6.17. The fourth-order valence-electron chi connectivity index (χ4n) is 1.92. The molecule has 0 aliphatic rings. The summed E-state index contributed by atoms with van der Waals surface area (Å²) in [6, 6.07) is 9.53. The zero-order valence-electron chi connectivity index (χ0n) is 12.5. The van der Waals surface area contributed by atoms with Crippen LogP contribution in [-0.4, -0.2) is 27.9 Å². The van der Waals surface area contributed by atoms with Gasteiger partial charge in [0.05, 0.1) is 17.9 Å². The number of benzene rings is 1. The molecule has 0 fully saturated rings. The molecular weight excluding hydrogens is 320 g/mol. The fraction of sp³-hybridized carbons (Fsp3) is 0.250. The molecule has 0 saturated carbocycles. The number of ether oxygens (including phenoxy) is 1. The zero-order valence-corrected chi connectivity index (χ0v) is 13.3. The number of furan rings is 1. The lowest BCUT2D eigenvalue weighted by molar-refractivity contribution is 0.0525. The van der Waals surface area contributed by atoms with Crippen molar-refractivity contribution in [3.8, 4) is 0 Å². The van der Waals surface area contributed by atoms with Crippen LogP contribution < -0.4 is 0 Å². The molecule has 1 N–H and O–H groups in total. The summed E-state index contributed by atoms with van der Waals surface area (Å²) in [4.78, 5) is 22.3. The Balaban J connectivity index is 1.94. The van der Waals surface area contributed by atoms with Crippen molar-refractivity contribution in [2.75, 3.05) is 6.61 Å². The molecule has 1 heterocycles. The van der Waals surface area contributed by atoms with Gasteiger partial charge in [-0.1, -0.05) is 12.1 Å². The van der Waals surface area contributed by atoms with E-state index >= 15 is 0 Å². The van der Waals surface area contributed by atoms with Crippen LogP contribution in [0.1, 0.15) is 39.2 Å². The average molecular weight is 336 g/mol. The van der Waals surface area contributed by atoms with Crippen LogP contribution in [0.15, 0.2) is 40.8 Å². The predicted molar refractivity (Wildman–Crippen MR) is 83.6 cm³/mol. The second kappa shape index (κ2) is 7.73. The molecule has 6 nitrogen and oxygen atoms in total. The Labute approximate surface area is 135 Å². The summed E-state index contributed by atoms with van der Waals surface area (Å²) in [5.74, 6) is -0.938. The molecular formula is C16H16O6S. The number of hydrogen-bond acceptors (Lipinski definition) is 5. The first-order valence-corrected chi connectivity index (χ1v) is 8.41. The Bertz CT molecular complexity index is 716. The summed E-state index contributed by atoms with van der Waals surface area (Å²) in [5.41, 5.74) is 1.25. The van der Waals surface area contributed by atoms with Gasteiger partial charge in [-0.15, -0.1) is 0 Å². The Morgan fingerprint density at radius 1 is 1.13 bits per heavy atom. The molecule has 122 valence electrons.